The first kappa shape index (κ1) is 13.5. The lowest BCUT2D eigenvalue weighted by atomic mass is 10.3. The van der Waals surface area contributed by atoms with E-state index in [4.69, 9.17) is 11.6 Å². The van der Waals surface area contributed by atoms with E-state index >= 15 is 0 Å². The van der Waals surface area contributed by atoms with E-state index in [-0.39, 0.29) is 11.7 Å². The maximum Gasteiger partial charge on any atom is 0.211 e. The molecule has 1 heterocycles. The SMILES string of the molecule is CC(CCl)CS(=O)(=O)NCCn1cccn1. The Morgan fingerprint density at radius 2 is 2.31 bits per heavy atom. The Bertz CT molecular complexity index is 391. The summed E-state index contributed by atoms with van der Waals surface area (Å²) in [7, 11) is -3.22. The predicted molar refractivity (Wildman–Crippen MR) is 63.9 cm³/mol. The van der Waals surface area contributed by atoms with Gasteiger partial charge in [-0.1, -0.05) is 6.92 Å². The van der Waals surface area contributed by atoms with E-state index < -0.39 is 10.0 Å². The van der Waals surface area contributed by atoms with Gasteiger partial charge in [-0.25, -0.2) is 13.1 Å². The minimum Gasteiger partial charge on any atom is -0.271 e. The van der Waals surface area contributed by atoms with Crippen molar-refractivity contribution in [1.29, 1.82) is 0 Å². The molecular formula is C9H16ClN3O2S. The Morgan fingerprint density at radius 1 is 1.56 bits per heavy atom. The lowest BCUT2D eigenvalue weighted by Gasteiger charge is -2.09. The predicted octanol–water partition coefficient (Wildman–Crippen LogP) is 0.677. The van der Waals surface area contributed by atoms with Crippen LogP contribution in [0.2, 0.25) is 0 Å². The van der Waals surface area contributed by atoms with Crippen molar-refractivity contribution in [2.24, 2.45) is 5.92 Å². The first-order chi connectivity index (χ1) is 7.53. The molecule has 1 rings (SSSR count). The number of sulfonamides is 1. The van der Waals surface area contributed by atoms with Crippen LogP contribution in [0.1, 0.15) is 6.92 Å². The number of hydrogen-bond donors (Lipinski definition) is 1. The van der Waals surface area contributed by atoms with Gasteiger partial charge in [-0.3, -0.25) is 4.68 Å². The lowest BCUT2D eigenvalue weighted by molar-refractivity contribution is 0.552. The molecule has 1 aromatic rings. The standard InChI is InChI=1S/C9H16ClN3O2S/c1-9(7-10)8-16(14,15)12-4-6-13-5-2-3-11-13/h2-3,5,9,12H,4,6-8H2,1H3. The number of alkyl halides is 1. The van der Waals surface area contributed by atoms with Crippen molar-refractivity contribution in [3.63, 3.8) is 0 Å². The van der Waals surface area contributed by atoms with Crippen molar-refractivity contribution in [2.75, 3.05) is 18.2 Å². The Hall–Kier alpha value is -0.590. The van der Waals surface area contributed by atoms with E-state index in [9.17, 15) is 8.42 Å². The average Bonchev–Trinajstić information content (AvgIpc) is 2.69. The van der Waals surface area contributed by atoms with Crippen LogP contribution in [0.3, 0.4) is 0 Å². The molecule has 0 radical (unpaired) electrons. The number of aromatic nitrogens is 2. The van der Waals surface area contributed by atoms with E-state index in [1.54, 1.807) is 30.1 Å². The Balaban J connectivity index is 2.31. The van der Waals surface area contributed by atoms with Crippen molar-refractivity contribution < 1.29 is 8.42 Å². The molecule has 92 valence electrons. The first-order valence-electron chi connectivity index (χ1n) is 5.04. The second-order valence-corrected chi connectivity index (χ2v) is 5.86. The van der Waals surface area contributed by atoms with Gasteiger partial charge in [-0.2, -0.15) is 5.10 Å². The molecule has 0 saturated heterocycles. The van der Waals surface area contributed by atoms with Crippen LogP contribution >= 0.6 is 11.6 Å². The number of rotatable bonds is 7. The summed E-state index contributed by atoms with van der Waals surface area (Å²) in [5.74, 6) is 0.374. The molecular weight excluding hydrogens is 250 g/mol. The van der Waals surface area contributed by atoms with Gasteiger partial charge in [0.2, 0.25) is 10.0 Å². The molecule has 0 aliphatic carbocycles. The van der Waals surface area contributed by atoms with Crippen LogP contribution in [0.4, 0.5) is 0 Å². The second-order valence-electron chi connectivity index (χ2n) is 3.70. The third-order valence-corrected chi connectivity index (χ3v) is 4.17. The summed E-state index contributed by atoms with van der Waals surface area (Å²) < 4.78 is 27.2. The summed E-state index contributed by atoms with van der Waals surface area (Å²) in [5, 5.41) is 3.97. The van der Waals surface area contributed by atoms with Crippen molar-refractivity contribution in [3.8, 4) is 0 Å². The number of nitrogens with one attached hydrogen (secondary N) is 1. The molecule has 0 amide bonds. The van der Waals surface area contributed by atoms with Crippen LogP contribution in [-0.2, 0) is 16.6 Å². The van der Waals surface area contributed by atoms with Gasteiger partial charge in [0.1, 0.15) is 0 Å². The molecule has 0 aliphatic rings. The molecule has 1 aromatic heterocycles. The molecule has 1 atom stereocenters. The Labute approximate surface area is 101 Å². The summed E-state index contributed by atoms with van der Waals surface area (Å²) in [4.78, 5) is 0. The van der Waals surface area contributed by atoms with Gasteiger partial charge in [0, 0.05) is 24.8 Å². The monoisotopic (exact) mass is 265 g/mol. The largest absolute Gasteiger partial charge is 0.271 e. The fraction of sp³-hybridized carbons (Fsp3) is 0.667. The molecule has 1 N–H and O–H groups in total. The van der Waals surface area contributed by atoms with E-state index in [2.05, 4.69) is 9.82 Å². The quantitative estimate of drug-likeness (QED) is 0.738. The zero-order valence-corrected chi connectivity index (χ0v) is 10.7. The van der Waals surface area contributed by atoms with Gasteiger partial charge < -0.3 is 0 Å². The fourth-order valence-electron chi connectivity index (χ4n) is 1.23. The van der Waals surface area contributed by atoms with E-state index in [1.165, 1.54) is 0 Å². The van der Waals surface area contributed by atoms with Gasteiger partial charge in [0.15, 0.2) is 0 Å². The van der Waals surface area contributed by atoms with Gasteiger partial charge in [0.05, 0.1) is 12.3 Å². The van der Waals surface area contributed by atoms with Crippen molar-refractivity contribution in [3.05, 3.63) is 18.5 Å². The van der Waals surface area contributed by atoms with Crippen LogP contribution < -0.4 is 4.72 Å². The van der Waals surface area contributed by atoms with E-state index in [1.807, 2.05) is 0 Å². The molecule has 0 saturated carbocycles. The minimum atomic E-state index is -3.22. The molecule has 7 heteroatoms. The highest BCUT2D eigenvalue weighted by Crippen LogP contribution is 2.01. The first-order valence-corrected chi connectivity index (χ1v) is 7.23. The minimum absolute atomic E-state index is 0.0381. The topological polar surface area (TPSA) is 64.0 Å². The third kappa shape index (κ3) is 4.96. The number of nitrogens with zero attached hydrogens (tertiary/aromatic N) is 2. The molecule has 0 bridgehead atoms. The van der Waals surface area contributed by atoms with Crippen LogP contribution in [0.15, 0.2) is 18.5 Å². The van der Waals surface area contributed by atoms with Crippen LogP contribution in [0.25, 0.3) is 0 Å². The molecule has 0 spiro atoms. The fourth-order valence-corrected chi connectivity index (χ4v) is 2.85. The molecule has 0 aromatic carbocycles. The zero-order chi connectivity index (χ0) is 12.0. The zero-order valence-electron chi connectivity index (χ0n) is 9.13. The van der Waals surface area contributed by atoms with Gasteiger partial charge in [0.25, 0.3) is 0 Å². The summed E-state index contributed by atoms with van der Waals surface area (Å²) >= 11 is 5.57. The summed E-state index contributed by atoms with van der Waals surface area (Å²) in [6.07, 6.45) is 3.44. The van der Waals surface area contributed by atoms with Gasteiger partial charge in [-0.15, -0.1) is 11.6 Å². The van der Waals surface area contributed by atoms with E-state index in [0.29, 0.717) is 19.0 Å². The average molecular weight is 266 g/mol. The third-order valence-electron chi connectivity index (χ3n) is 1.99. The van der Waals surface area contributed by atoms with Crippen LogP contribution in [0, 0.1) is 5.92 Å². The number of halogens is 1. The van der Waals surface area contributed by atoms with E-state index in [0.717, 1.165) is 0 Å². The van der Waals surface area contributed by atoms with Crippen molar-refractivity contribution in [1.82, 2.24) is 14.5 Å². The lowest BCUT2D eigenvalue weighted by Crippen LogP contribution is -2.32. The van der Waals surface area contributed by atoms with Gasteiger partial charge in [-0.05, 0) is 12.0 Å². The maximum absolute atomic E-state index is 11.5. The Morgan fingerprint density at radius 3 is 2.88 bits per heavy atom. The second kappa shape index (κ2) is 6.22. The molecule has 1 unspecified atom stereocenters. The molecule has 0 aliphatic heterocycles. The Kier molecular flexibility index (Phi) is 5.24. The van der Waals surface area contributed by atoms with Crippen molar-refractivity contribution in [2.45, 2.75) is 13.5 Å². The normalized spacial score (nSPS) is 13.9. The number of hydrogen-bond acceptors (Lipinski definition) is 3. The summed E-state index contributed by atoms with van der Waals surface area (Å²) in [6.45, 7) is 2.68. The highest BCUT2D eigenvalue weighted by molar-refractivity contribution is 7.89. The van der Waals surface area contributed by atoms with Gasteiger partial charge >= 0.3 is 0 Å². The van der Waals surface area contributed by atoms with Crippen molar-refractivity contribution >= 4 is 21.6 Å². The summed E-state index contributed by atoms with van der Waals surface area (Å²) in [5.41, 5.74) is 0. The maximum atomic E-state index is 11.5. The molecule has 0 fully saturated rings. The van der Waals surface area contributed by atoms with Crippen LogP contribution in [-0.4, -0.2) is 36.4 Å². The summed E-state index contributed by atoms with van der Waals surface area (Å²) in [6, 6.07) is 1.80. The smallest absolute Gasteiger partial charge is 0.211 e. The highest BCUT2D eigenvalue weighted by Gasteiger charge is 2.14. The molecule has 5 nitrogen and oxygen atoms in total. The van der Waals surface area contributed by atoms with Crippen LogP contribution in [0.5, 0.6) is 0 Å². The highest BCUT2D eigenvalue weighted by atomic mass is 35.5. The molecule has 16 heavy (non-hydrogen) atoms.